The van der Waals surface area contributed by atoms with Crippen LogP contribution in [0.4, 0.5) is 10.8 Å². The van der Waals surface area contributed by atoms with Crippen LogP contribution in [0.3, 0.4) is 0 Å². The minimum Gasteiger partial charge on any atom is -0.378 e. The van der Waals surface area contributed by atoms with E-state index in [1.807, 2.05) is 31.1 Å². The molecule has 1 heterocycles. The number of anilines is 2. The molecule has 136 valence electrons. The van der Waals surface area contributed by atoms with Gasteiger partial charge in [-0.3, -0.25) is 10.1 Å². The third-order valence-corrected chi connectivity index (χ3v) is 6.13. The van der Waals surface area contributed by atoms with Crippen molar-refractivity contribution in [2.75, 3.05) is 31.4 Å². The van der Waals surface area contributed by atoms with Gasteiger partial charge in [-0.15, -0.1) is 0 Å². The van der Waals surface area contributed by atoms with Gasteiger partial charge >= 0.3 is 0 Å². The number of fused-ring (bicyclic) bond motifs is 1. The number of thiazole rings is 1. The lowest BCUT2D eigenvalue weighted by molar-refractivity contribution is 0.102. The number of nitrogens with one attached hydrogen (secondary N) is 2. The number of hydrogen-bond acceptors (Lipinski definition) is 6. The summed E-state index contributed by atoms with van der Waals surface area (Å²) in [6.45, 7) is 0. The Morgan fingerprint density at radius 3 is 2.62 bits per heavy atom. The van der Waals surface area contributed by atoms with Crippen LogP contribution in [0.2, 0.25) is 0 Å². The highest BCUT2D eigenvalue weighted by molar-refractivity contribution is 7.89. The van der Waals surface area contributed by atoms with Crippen LogP contribution in [0, 0.1) is 0 Å². The average Bonchev–Trinajstić information content (AvgIpc) is 3.03. The van der Waals surface area contributed by atoms with Crippen LogP contribution in [0.1, 0.15) is 10.4 Å². The SMILES string of the molecule is CNS(=O)(=O)c1ccc2nc(NC(=O)c3cccc(N(C)C)c3)sc2c1. The summed E-state index contributed by atoms with van der Waals surface area (Å²) >= 11 is 1.23. The van der Waals surface area contributed by atoms with Crippen LogP contribution in [0.5, 0.6) is 0 Å². The van der Waals surface area contributed by atoms with Gasteiger partial charge < -0.3 is 4.90 Å². The summed E-state index contributed by atoms with van der Waals surface area (Å²) in [7, 11) is 1.65. The molecule has 3 aromatic rings. The molecule has 7 nitrogen and oxygen atoms in total. The lowest BCUT2D eigenvalue weighted by Gasteiger charge is -2.13. The first kappa shape index (κ1) is 18.3. The molecule has 0 aliphatic carbocycles. The largest absolute Gasteiger partial charge is 0.378 e. The standard InChI is InChI=1S/C17H18N4O3S2/c1-18-26(23,24)13-7-8-14-15(10-13)25-17(19-14)20-16(22)11-5-4-6-12(9-11)21(2)3/h4-10,18H,1-3H3,(H,19,20,22). The number of benzene rings is 2. The van der Waals surface area contributed by atoms with Gasteiger partial charge in [0.15, 0.2) is 5.13 Å². The van der Waals surface area contributed by atoms with Crippen LogP contribution >= 0.6 is 11.3 Å². The number of hydrogen-bond donors (Lipinski definition) is 2. The molecule has 0 atom stereocenters. The van der Waals surface area contributed by atoms with E-state index in [9.17, 15) is 13.2 Å². The molecular formula is C17H18N4O3S2. The molecule has 26 heavy (non-hydrogen) atoms. The van der Waals surface area contributed by atoms with E-state index >= 15 is 0 Å². The zero-order chi connectivity index (χ0) is 18.9. The molecule has 2 N–H and O–H groups in total. The van der Waals surface area contributed by atoms with E-state index in [0.717, 1.165) is 5.69 Å². The predicted octanol–water partition coefficient (Wildman–Crippen LogP) is 2.52. The fourth-order valence-corrected chi connectivity index (χ4v) is 4.07. The van der Waals surface area contributed by atoms with Crippen molar-refractivity contribution in [3.8, 4) is 0 Å². The van der Waals surface area contributed by atoms with Gasteiger partial charge in [0.25, 0.3) is 5.91 Å². The minimum atomic E-state index is -3.52. The highest BCUT2D eigenvalue weighted by Crippen LogP contribution is 2.28. The van der Waals surface area contributed by atoms with Crippen molar-refractivity contribution in [1.82, 2.24) is 9.71 Å². The van der Waals surface area contributed by atoms with E-state index in [0.29, 0.717) is 20.9 Å². The number of sulfonamides is 1. The molecular weight excluding hydrogens is 372 g/mol. The Hall–Kier alpha value is -2.49. The van der Waals surface area contributed by atoms with Gasteiger partial charge in [-0.2, -0.15) is 0 Å². The molecule has 9 heteroatoms. The predicted molar refractivity (Wildman–Crippen MR) is 105 cm³/mol. The molecule has 0 saturated carbocycles. The maximum absolute atomic E-state index is 12.5. The van der Waals surface area contributed by atoms with E-state index in [-0.39, 0.29) is 10.8 Å². The van der Waals surface area contributed by atoms with E-state index in [1.54, 1.807) is 24.3 Å². The summed E-state index contributed by atoms with van der Waals surface area (Å²) in [5.74, 6) is -0.268. The fourth-order valence-electron chi connectivity index (χ4n) is 2.34. The molecule has 0 radical (unpaired) electrons. The molecule has 0 aliphatic heterocycles. The molecule has 1 aromatic heterocycles. The normalized spacial score (nSPS) is 11.5. The van der Waals surface area contributed by atoms with Gasteiger partial charge in [0.1, 0.15) is 0 Å². The first-order valence-corrected chi connectivity index (χ1v) is 10.0. The Balaban J connectivity index is 1.87. The monoisotopic (exact) mass is 390 g/mol. The lowest BCUT2D eigenvalue weighted by atomic mass is 10.2. The van der Waals surface area contributed by atoms with Crippen LogP contribution < -0.4 is 14.9 Å². The molecule has 0 saturated heterocycles. The van der Waals surface area contributed by atoms with Gasteiger partial charge in [-0.25, -0.2) is 18.1 Å². The zero-order valence-electron chi connectivity index (χ0n) is 14.5. The van der Waals surface area contributed by atoms with Gasteiger partial charge in [0.05, 0.1) is 15.1 Å². The van der Waals surface area contributed by atoms with E-state index in [4.69, 9.17) is 0 Å². The van der Waals surface area contributed by atoms with E-state index in [1.165, 1.54) is 24.5 Å². The maximum Gasteiger partial charge on any atom is 0.257 e. The van der Waals surface area contributed by atoms with Crippen LogP contribution in [-0.2, 0) is 10.0 Å². The second-order valence-electron chi connectivity index (χ2n) is 5.75. The summed E-state index contributed by atoms with van der Waals surface area (Å²) < 4.78 is 26.8. The highest BCUT2D eigenvalue weighted by atomic mass is 32.2. The van der Waals surface area contributed by atoms with E-state index < -0.39 is 10.0 Å². The van der Waals surface area contributed by atoms with Crippen molar-refractivity contribution >= 4 is 48.3 Å². The maximum atomic E-state index is 12.5. The quantitative estimate of drug-likeness (QED) is 0.698. The second-order valence-corrected chi connectivity index (χ2v) is 8.67. The Kier molecular flexibility index (Phi) is 4.94. The van der Waals surface area contributed by atoms with Crippen LogP contribution in [0.25, 0.3) is 10.2 Å². The number of carbonyl (C=O) groups excluding carboxylic acids is 1. The first-order chi connectivity index (χ1) is 12.3. The zero-order valence-corrected chi connectivity index (χ0v) is 16.1. The summed E-state index contributed by atoms with van der Waals surface area (Å²) in [6.07, 6.45) is 0. The molecule has 0 fully saturated rings. The molecule has 3 rings (SSSR count). The first-order valence-electron chi connectivity index (χ1n) is 7.73. The Morgan fingerprint density at radius 1 is 1.15 bits per heavy atom. The lowest BCUT2D eigenvalue weighted by Crippen LogP contribution is -2.18. The van der Waals surface area contributed by atoms with Crippen molar-refractivity contribution < 1.29 is 13.2 Å². The van der Waals surface area contributed by atoms with Crippen molar-refractivity contribution in [3.63, 3.8) is 0 Å². The number of rotatable bonds is 5. The average molecular weight is 390 g/mol. The van der Waals surface area contributed by atoms with Crippen molar-refractivity contribution in [3.05, 3.63) is 48.0 Å². The Morgan fingerprint density at radius 2 is 1.92 bits per heavy atom. The van der Waals surface area contributed by atoms with Gasteiger partial charge in [0.2, 0.25) is 10.0 Å². The van der Waals surface area contributed by atoms with Crippen LogP contribution in [-0.4, -0.2) is 40.5 Å². The Bertz CT molecular complexity index is 1070. The van der Waals surface area contributed by atoms with Gasteiger partial charge in [-0.1, -0.05) is 17.4 Å². The molecule has 0 unspecified atom stereocenters. The highest BCUT2D eigenvalue weighted by Gasteiger charge is 2.15. The molecule has 0 aliphatic rings. The summed E-state index contributed by atoms with van der Waals surface area (Å²) in [4.78, 5) is 18.9. The molecule has 0 bridgehead atoms. The van der Waals surface area contributed by atoms with Crippen LogP contribution in [0.15, 0.2) is 47.4 Å². The smallest absolute Gasteiger partial charge is 0.257 e. The third-order valence-electron chi connectivity index (χ3n) is 3.78. The molecule has 2 aromatic carbocycles. The summed E-state index contributed by atoms with van der Waals surface area (Å²) in [5.41, 5.74) is 2.07. The van der Waals surface area contributed by atoms with Gasteiger partial charge in [0, 0.05) is 25.3 Å². The number of nitrogens with zero attached hydrogens (tertiary/aromatic N) is 2. The van der Waals surface area contributed by atoms with Crippen molar-refractivity contribution in [2.24, 2.45) is 0 Å². The fraction of sp³-hybridized carbons (Fsp3) is 0.176. The second kappa shape index (κ2) is 7.02. The van der Waals surface area contributed by atoms with Crippen molar-refractivity contribution in [2.45, 2.75) is 4.90 Å². The topological polar surface area (TPSA) is 91.4 Å². The number of carbonyl (C=O) groups is 1. The number of amides is 1. The van der Waals surface area contributed by atoms with Gasteiger partial charge in [-0.05, 0) is 43.4 Å². The minimum absolute atomic E-state index is 0.160. The number of aromatic nitrogens is 1. The Labute approximate surface area is 155 Å². The van der Waals surface area contributed by atoms with Crippen molar-refractivity contribution in [1.29, 1.82) is 0 Å². The van der Waals surface area contributed by atoms with E-state index in [2.05, 4.69) is 15.0 Å². The third kappa shape index (κ3) is 3.69. The summed E-state index contributed by atoms with van der Waals surface area (Å²) in [6, 6.07) is 11.9. The summed E-state index contributed by atoms with van der Waals surface area (Å²) in [5, 5.41) is 3.19. The molecule has 0 spiro atoms. The molecule has 1 amide bonds.